The van der Waals surface area contributed by atoms with E-state index in [-0.39, 0.29) is 5.41 Å². The molecule has 0 bridgehead atoms. The number of methoxy groups -OCH3 is 1. The van der Waals surface area contributed by atoms with Gasteiger partial charge in [-0.1, -0.05) is 6.92 Å². The molecule has 2 fully saturated rings. The first-order valence-electron chi connectivity index (χ1n) is 7.82. The van der Waals surface area contributed by atoms with Crippen LogP contribution in [0.2, 0.25) is 0 Å². The highest BCUT2D eigenvalue weighted by Crippen LogP contribution is 2.36. The normalized spacial score (nSPS) is 25.6. The molecule has 0 radical (unpaired) electrons. The van der Waals surface area contributed by atoms with Crippen molar-refractivity contribution >= 4 is 17.7 Å². The Morgan fingerprint density at radius 1 is 1.45 bits per heavy atom. The van der Waals surface area contributed by atoms with Crippen LogP contribution in [-0.4, -0.2) is 61.7 Å². The fraction of sp³-hybridized carbons (Fsp3) is 0.933. The summed E-state index contributed by atoms with van der Waals surface area (Å²) in [5.41, 5.74) is -0.133. The predicted octanol–water partition coefficient (Wildman–Crippen LogP) is 1.75. The highest BCUT2D eigenvalue weighted by Gasteiger charge is 2.42. The van der Waals surface area contributed by atoms with Gasteiger partial charge in [0.05, 0.1) is 12.0 Å². The lowest BCUT2D eigenvalue weighted by Crippen LogP contribution is -2.53. The zero-order chi connectivity index (χ0) is 14.4. The van der Waals surface area contributed by atoms with Crippen molar-refractivity contribution in [3.8, 4) is 0 Å². The van der Waals surface area contributed by atoms with Crippen LogP contribution in [0, 0.1) is 5.41 Å². The van der Waals surface area contributed by atoms with E-state index in [9.17, 15) is 4.79 Å². The summed E-state index contributed by atoms with van der Waals surface area (Å²) in [6.45, 7) is 5.50. The lowest BCUT2D eigenvalue weighted by molar-refractivity contribution is -0.147. The third kappa shape index (κ3) is 3.49. The molecule has 2 aliphatic rings. The van der Waals surface area contributed by atoms with Gasteiger partial charge in [0.25, 0.3) is 0 Å². The van der Waals surface area contributed by atoms with Gasteiger partial charge in [0, 0.05) is 25.4 Å². The highest BCUT2D eigenvalue weighted by atomic mass is 32.2. The maximum atomic E-state index is 13.2. The fourth-order valence-electron chi connectivity index (χ4n) is 3.34. The standard InChI is InChI=1S/C15H28N2O2S/c1-3-15(5-7-16-8-6-15)14(18)17(9-10-19-2)13-4-11-20-12-13/h13,16H,3-12H2,1-2H3. The molecule has 1 unspecified atom stereocenters. The monoisotopic (exact) mass is 300 g/mol. The van der Waals surface area contributed by atoms with E-state index in [1.54, 1.807) is 7.11 Å². The van der Waals surface area contributed by atoms with Gasteiger partial charge in [-0.25, -0.2) is 0 Å². The number of thioether (sulfide) groups is 1. The molecule has 0 aromatic rings. The van der Waals surface area contributed by atoms with Gasteiger partial charge in [0.2, 0.25) is 5.91 Å². The van der Waals surface area contributed by atoms with E-state index < -0.39 is 0 Å². The second-order valence-corrected chi connectivity index (χ2v) is 7.04. The van der Waals surface area contributed by atoms with Crippen LogP contribution >= 0.6 is 11.8 Å². The van der Waals surface area contributed by atoms with E-state index >= 15 is 0 Å². The van der Waals surface area contributed by atoms with Crippen LogP contribution in [0.25, 0.3) is 0 Å². The molecule has 1 atom stereocenters. The van der Waals surface area contributed by atoms with Crippen LogP contribution in [0.3, 0.4) is 0 Å². The molecule has 116 valence electrons. The maximum Gasteiger partial charge on any atom is 0.229 e. The van der Waals surface area contributed by atoms with Gasteiger partial charge in [-0.3, -0.25) is 4.79 Å². The Bertz CT molecular complexity index is 313. The molecule has 4 nitrogen and oxygen atoms in total. The molecule has 0 saturated carbocycles. The number of hydrogen-bond acceptors (Lipinski definition) is 4. The Balaban J connectivity index is 2.10. The second-order valence-electron chi connectivity index (χ2n) is 5.89. The molecule has 0 aromatic heterocycles. The zero-order valence-electron chi connectivity index (χ0n) is 12.8. The summed E-state index contributed by atoms with van der Waals surface area (Å²) in [6.07, 6.45) is 4.05. The summed E-state index contributed by atoms with van der Waals surface area (Å²) in [6, 6.07) is 0.418. The number of carbonyl (C=O) groups excluding carboxylic acids is 1. The average Bonchev–Trinajstić information content (AvgIpc) is 3.02. The molecule has 1 amide bonds. The van der Waals surface area contributed by atoms with E-state index in [0.717, 1.165) is 51.1 Å². The van der Waals surface area contributed by atoms with Crippen LogP contribution in [-0.2, 0) is 9.53 Å². The number of amides is 1. The van der Waals surface area contributed by atoms with E-state index in [0.29, 0.717) is 18.6 Å². The van der Waals surface area contributed by atoms with Crippen molar-refractivity contribution in [1.29, 1.82) is 0 Å². The van der Waals surface area contributed by atoms with Crippen LogP contribution in [0.1, 0.15) is 32.6 Å². The van der Waals surface area contributed by atoms with Crippen molar-refractivity contribution in [2.75, 3.05) is 44.9 Å². The number of hydrogen-bond donors (Lipinski definition) is 1. The molecule has 5 heteroatoms. The molecule has 2 aliphatic heterocycles. The number of ether oxygens (including phenoxy) is 1. The lowest BCUT2D eigenvalue weighted by atomic mass is 9.75. The number of piperidine rings is 1. The molecular formula is C15H28N2O2S. The number of nitrogens with zero attached hydrogens (tertiary/aromatic N) is 1. The van der Waals surface area contributed by atoms with Crippen molar-refractivity contribution in [3.05, 3.63) is 0 Å². The Labute approximate surface area is 127 Å². The number of rotatable bonds is 6. The van der Waals surface area contributed by atoms with Crippen molar-refractivity contribution in [2.45, 2.75) is 38.6 Å². The SMILES string of the molecule is CCC1(C(=O)N(CCOC)C2CCSC2)CCNCC1. The van der Waals surface area contributed by atoms with Crippen LogP contribution in [0.15, 0.2) is 0 Å². The van der Waals surface area contributed by atoms with E-state index in [1.807, 2.05) is 11.8 Å². The highest BCUT2D eigenvalue weighted by molar-refractivity contribution is 7.99. The molecule has 0 spiro atoms. The Hall–Kier alpha value is -0.260. The second kappa shape index (κ2) is 7.66. The van der Waals surface area contributed by atoms with Crippen LogP contribution in [0.4, 0.5) is 0 Å². The van der Waals surface area contributed by atoms with E-state index in [4.69, 9.17) is 4.74 Å². The van der Waals surface area contributed by atoms with Crippen molar-refractivity contribution < 1.29 is 9.53 Å². The third-order valence-electron chi connectivity index (χ3n) is 4.83. The molecule has 0 aromatic carbocycles. The van der Waals surface area contributed by atoms with Gasteiger partial charge < -0.3 is 15.0 Å². The Kier molecular flexibility index (Phi) is 6.18. The summed E-state index contributed by atoms with van der Waals surface area (Å²) in [7, 11) is 1.71. The van der Waals surface area contributed by atoms with E-state index in [1.165, 1.54) is 5.75 Å². The largest absolute Gasteiger partial charge is 0.383 e. The molecule has 2 rings (SSSR count). The first kappa shape index (κ1) is 16.1. The van der Waals surface area contributed by atoms with Crippen LogP contribution in [0.5, 0.6) is 0 Å². The quantitative estimate of drug-likeness (QED) is 0.811. The molecule has 0 aliphatic carbocycles. The predicted molar refractivity (Wildman–Crippen MR) is 84.1 cm³/mol. The van der Waals surface area contributed by atoms with Gasteiger partial charge in [-0.2, -0.15) is 11.8 Å². The van der Waals surface area contributed by atoms with Gasteiger partial charge in [0.15, 0.2) is 0 Å². The number of nitrogens with one attached hydrogen (secondary N) is 1. The lowest BCUT2D eigenvalue weighted by Gasteiger charge is -2.41. The van der Waals surface area contributed by atoms with Gasteiger partial charge >= 0.3 is 0 Å². The average molecular weight is 300 g/mol. The topological polar surface area (TPSA) is 41.6 Å². The molecule has 2 saturated heterocycles. The maximum absolute atomic E-state index is 13.2. The van der Waals surface area contributed by atoms with Gasteiger partial charge in [0.1, 0.15) is 0 Å². The Morgan fingerprint density at radius 3 is 2.75 bits per heavy atom. The Morgan fingerprint density at radius 2 is 2.20 bits per heavy atom. The minimum absolute atomic E-state index is 0.133. The summed E-state index contributed by atoms with van der Waals surface area (Å²) < 4.78 is 5.22. The summed E-state index contributed by atoms with van der Waals surface area (Å²) in [5.74, 6) is 2.65. The molecule has 1 N–H and O–H groups in total. The van der Waals surface area contributed by atoms with Gasteiger partial charge in [-0.05, 0) is 44.5 Å². The van der Waals surface area contributed by atoms with Crippen molar-refractivity contribution in [3.63, 3.8) is 0 Å². The molecular weight excluding hydrogens is 272 g/mol. The minimum Gasteiger partial charge on any atom is -0.383 e. The third-order valence-corrected chi connectivity index (χ3v) is 5.98. The zero-order valence-corrected chi connectivity index (χ0v) is 13.6. The van der Waals surface area contributed by atoms with Gasteiger partial charge in [-0.15, -0.1) is 0 Å². The van der Waals surface area contributed by atoms with Crippen molar-refractivity contribution in [1.82, 2.24) is 10.2 Å². The first-order chi connectivity index (χ1) is 9.73. The first-order valence-corrected chi connectivity index (χ1v) is 8.97. The number of carbonyl (C=O) groups is 1. The molecule has 2 heterocycles. The van der Waals surface area contributed by atoms with Crippen molar-refractivity contribution in [2.24, 2.45) is 5.41 Å². The fourth-order valence-corrected chi connectivity index (χ4v) is 4.56. The minimum atomic E-state index is -0.133. The smallest absolute Gasteiger partial charge is 0.229 e. The summed E-state index contributed by atoms with van der Waals surface area (Å²) in [5, 5.41) is 3.38. The van der Waals surface area contributed by atoms with Crippen LogP contribution < -0.4 is 5.32 Å². The molecule has 20 heavy (non-hydrogen) atoms. The summed E-state index contributed by atoms with van der Waals surface area (Å²) in [4.78, 5) is 15.3. The summed E-state index contributed by atoms with van der Waals surface area (Å²) >= 11 is 1.97. The van der Waals surface area contributed by atoms with E-state index in [2.05, 4.69) is 17.1 Å².